The van der Waals surface area contributed by atoms with Crippen LogP contribution >= 0.6 is 0 Å². The van der Waals surface area contributed by atoms with E-state index in [2.05, 4.69) is 69.8 Å². The van der Waals surface area contributed by atoms with Crippen molar-refractivity contribution in [2.75, 3.05) is 0 Å². The molecule has 0 atom stereocenters. The van der Waals surface area contributed by atoms with Gasteiger partial charge in [0.05, 0.1) is 50.9 Å². The van der Waals surface area contributed by atoms with Crippen molar-refractivity contribution < 1.29 is 4.42 Å². The number of rotatable bonds is 2. The van der Waals surface area contributed by atoms with Crippen molar-refractivity contribution in [3.05, 3.63) is 132 Å². The monoisotopic (exact) mass is 573 g/mol. The lowest BCUT2D eigenvalue weighted by Crippen LogP contribution is -1.98. The van der Waals surface area contributed by atoms with Crippen LogP contribution in [-0.2, 0) is 0 Å². The maximum Gasteiger partial charge on any atom is 0.160 e. The average molecular weight is 574 g/mol. The van der Waals surface area contributed by atoms with Crippen molar-refractivity contribution in [1.29, 1.82) is 15.8 Å². The molecular weight excluding hydrogens is 554 g/mol. The summed E-state index contributed by atoms with van der Waals surface area (Å²) < 4.78 is 11.0. The first-order valence-electron chi connectivity index (χ1n) is 14.5. The Balaban J connectivity index is 1.38. The second kappa shape index (κ2) is 9.09. The third-order valence-electron chi connectivity index (χ3n) is 8.79. The number of nitriles is 3. The van der Waals surface area contributed by atoms with Gasteiger partial charge in [0, 0.05) is 43.7 Å². The lowest BCUT2D eigenvalue weighted by atomic mass is 10.1. The number of hydrogen-bond acceptors (Lipinski definition) is 4. The van der Waals surface area contributed by atoms with E-state index in [9.17, 15) is 15.8 Å². The second-order valence-electron chi connectivity index (χ2n) is 11.1. The minimum absolute atomic E-state index is 0.506. The fourth-order valence-electron chi connectivity index (χ4n) is 6.87. The molecule has 6 nitrogen and oxygen atoms in total. The van der Waals surface area contributed by atoms with Crippen molar-refractivity contribution in [3.63, 3.8) is 0 Å². The number of fused-ring (bicyclic) bond motifs is 10. The van der Waals surface area contributed by atoms with Crippen molar-refractivity contribution in [3.8, 4) is 29.6 Å². The first-order chi connectivity index (χ1) is 22.2. The molecule has 3 heterocycles. The van der Waals surface area contributed by atoms with Gasteiger partial charge in [-0.2, -0.15) is 15.8 Å². The molecule has 0 saturated heterocycles. The van der Waals surface area contributed by atoms with Crippen LogP contribution in [0.1, 0.15) is 16.7 Å². The van der Waals surface area contributed by atoms with Gasteiger partial charge in [-0.25, -0.2) is 0 Å². The molecule has 206 valence electrons. The zero-order valence-electron chi connectivity index (χ0n) is 23.6. The lowest BCUT2D eigenvalue weighted by Gasteiger charge is -2.13. The summed E-state index contributed by atoms with van der Waals surface area (Å²) in [6.45, 7) is 0. The third kappa shape index (κ3) is 3.35. The van der Waals surface area contributed by atoms with Gasteiger partial charge in [-0.3, -0.25) is 0 Å². The highest BCUT2D eigenvalue weighted by Crippen LogP contribution is 2.41. The standard InChI is InChI=1S/C39H19N5O/c40-20-23-11-15-35-32(17-23)33-18-24(21-41)12-16-36(33)43(35)26-6-4-7-27(19-26)44-34-10-2-1-8-28(34)29-13-14-31-30-9-3-5-25(22-42)38(30)45-39(31)37(29)44/h1-19H. The fourth-order valence-corrected chi connectivity index (χ4v) is 6.87. The number of benzene rings is 6. The molecule has 0 unspecified atom stereocenters. The molecule has 9 rings (SSSR count). The molecule has 0 N–H and O–H groups in total. The molecule has 45 heavy (non-hydrogen) atoms. The van der Waals surface area contributed by atoms with Crippen LogP contribution in [0.2, 0.25) is 0 Å². The van der Waals surface area contributed by atoms with E-state index in [4.69, 9.17) is 4.42 Å². The van der Waals surface area contributed by atoms with Gasteiger partial charge in [0.25, 0.3) is 0 Å². The molecule has 0 radical (unpaired) electrons. The van der Waals surface area contributed by atoms with Crippen LogP contribution in [0.25, 0.3) is 76.9 Å². The summed E-state index contributed by atoms with van der Waals surface area (Å²) >= 11 is 0. The smallest absolute Gasteiger partial charge is 0.160 e. The van der Waals surface area contributed by atoms with Gasteiger partial charge >= 0.3 is 0 Å². The molecule has 0 amide bonds. The maximum absolute atomic E-state index is 9.80. The molecular formula is C39H19N5O. The molecule has 6 heteroatoms. The van der Waals surface area contributed by atoms with Crippen LogP contribution in [-0.4, -0.2) is 9.13 Å². The fraction of sp³-hybridized carbons (Fsp3) is 0. The van der Waals surface area contributed by atoms with Gasteiger partial charge in [0.2, 0.25) is 0 Å². The molecule has 3 aromatic heterocycles. The van der Waals surface area contributed by atoms with E-state index in [1.807, 2.05) is 66.7 Å². The van der Waals surface area contributed by atoms with Crippen LogP contribution in [0.3, 0.4) is 0 Å². The summed E-state index contributed by atoms with van der Waals surface area (Å²) in [4.78, 5) is 0. The molecule has 9 aromatic rings. The van der Waals surface area contributed by atoms with E-state index in [-0.39, 0.29) is 0 Å². The van der Waals surface area contributed by atoms with Crippen LogP contribution in [0.15, 0.2) is 120 Å². The Morgan fingerprint density at radius 3 is 1.76 bits per heavy atom. The highest BCUT2D eigenvalue weighted by Gasteiger charge is 2.21. The Kier molecular flexibility index (Phi) is 5.00. The number of hydrogen-bond donors (Lipinski definition) is 0. The van der Waals surface area contributed by atoms with Gasteiger partial charge in [-0.15, -0.1) is 0 Å². The third-order valence-corrected chi connectivity index (χ3v) is 8.79. The molecule has 0 spiro atoms. The molecule has 0 aliphatic carbocycles. The zero-order chi connectivity index (χ0) is 30.2. The van der Waals surface area contributed by atoms with E-state index in [1.54, 1.807) is 6.07 Å². The molecule has 0 bridgehead atoms. The first kappa shape index (κ1) is 24.8. The number of para-hydroxylation sites is 2. The van der Waals surface area contributed by atoms with Crippen LogP contribution in [0.5, 0.6) is 0 Å². The minimum atomic E-state index is 0.506. The molecule has 6 aromatic carbocycles. The highest BCUT2D eigenvalue weighted by atomic mass is 16.3. The maximum atomic E-state index is 9.80. The van der Waals surface area contributed by atoms with Gasteiger partial charge < -0.3 is 13.6 Å². The van der Waals surface area contributed by atoms with Gasteiger partial charge in [0.1, 0.15) is 6.07 Å². The Morgan fingerprint density at radius 2 is 1.04 bits per heavy atom. The number of aromatic nitrogens is 2. The van der Waals surface area contributed by atoms with Gasteiger partial charge in [0.15, 0.2) is 11.2 Å². The summed E-state index contributed by atoms with van der Waals surface area (Å²) in [7, 11) is 0. The van der Waals surface area contributed by atoms with Crippen LogP contribution in [0.4, 0.5) is 0 Å². The Hall–Kier alpha value is -6.81. The van der Waals surface area contributed by atoms with Crippen molar-refractivity contribution >= 4 is 65.6 Å². The predicted octanol–water partition coefficient (Wildman–Crippen LogP) is 9.40. The zero-order valence-corrected chi connectivity index (χ0v) is 23.6. The quantitative estimate of drug-likeness (QED) is 0.206. The Morgan fingerprint density at radius 1 is 0.444 bits per heavy atom. The van der Waals surface area contributed by atoms with Crippen LogP contribution < -0.4 is 0 Å². The summed E-state index contributed by atoms with van der Waals surface area (Å²) in [5.74, 6) is 0. The van der Waals surface area contributed by atoms with Crippen LogP contribution in [0, 0.1) is 34.0 Å². The van der Waals surface area contributed by atoms with E-state index in [0.29, 0.717) is 22.3 Å². The SMILES string of the molecule is N#Cc1ccc2c(c1)c1cc(C#N)ccc1n2-c1cccc(-n2c3ccccc3c3ccc4c5cccc(C#N)c5oc4c32)c1. The van der Waals surface area contributed by atoms with Gasteiger partial charge in [-0.1, -0.05) is 42.5 Å². The molecule has 0 aliphatic rings. The Bertz CT molecular complexity index is 2790. The topological polar surface area (TPSA) is 94.4 Å². The summed E-state index contributed by atoms with van der Waals surface area (Å²) in [5.41, 5.74) is 8.72. The van der Waals surface area contributed by atoms with E-state index < -0.39 is 0 Å². The highest BCUT2D eigenvalue weighted by molar-refractivity contribution is 6.22. The summed E-state index contributed by atoms with van der Waals surface area (Å²) in [6, 6.07) is 44.7. The number of furan rings is 1. The second-order valence-corrected chi connectivity index (χ2v) is 11.1. The van der Waals surface area contributed by atoms with Crippen molar-refractivity contribution in [1.82, 2.24) is 9.13 Å². The summed E-state index contributed by atoms with van der Waals surface area (Å²) in [5, 5.41) is 34.9. The van der Waals surface area contributed by atoms with E-state index >= 15 is 0 Å². The lowest BCUT2D eigenvalue weighted by molar-refractivity contribution is 0.670. The summed E-state index contributed by atoms with van der Waals surface area (Å²) in [6.07, 6.45) is 0. The average Bonchev–Trinajstić information content (AvgIpc) is 3.75. The van der Waals surface area contributed by atoms with Crippen molar-refractivity contribution in [2.24, 2.45) is 0 Å². The van der Waals surface area contributed by atoms with E-state index in [1.165, 1.54) is 0 Å². The Labute approximate surface area is 256 Å². The number of nitrogens with zero attached hydrogens (tertiary/aromatic N) is 5. The normalized spacial score (nSPS) is 11.5. The molecule has 0 aliphatic heterocycles. The minimum Gasteiger partial charge on any atom is -0.452 e. The molecule has 0 saturated carbocycles. The molecule has 0 fully saturated rings. The van der Waals surface area contributed by atoms with Crippen molar-refractivity contribution in [2.45, 2.75) is 0 Å². The van der Waals surface area contributed by atoms with Gasteiger partial charge in [-0.05, 0) is 72.8 Å². The van der Waals surface area contributed by atoms with E-state index in [0.717, 1.165) is 71.3 Å². The largest absolute Gasteiger partial charge is 0.452 e. The predicted molar refractivity (Wildman–Crippen MR) is 177 cm³/mol. The first-order valence-corrected chi connectivity index (χ1v) is 14.5.